The van der Waals surface area contributed by atoms with E-state index in [9.17, 15) is 8.42 Å². The Morgan fingerprint density at radius 2 is 1.62 bits per heavy atom. The molecule has 94 valence electrons. The van der Waals surface area contributed by atoms with Crippen molar-refractivity contribution in [1.29, 1.82) is 0 Å². The Balaban J connectivity index is 2.00. The number of hydrogen-bond acceptors (Lipinski definition) is 4. The number of rotatable bonds is 2. The number of morpholine rings is 1. The normalized spacial score (nSPS) is 33.8. The summed E-state index contributed by atoms with van der Waals surface area (Å²) in [6.07, 6.45) is 3.07. The third kappa shape index (κ3) is 2.56. The second-order valence-corrected chi connectivity index (χ2v) is 6.81. The second-order valence-electron chi connectivity index (χ2n) is 4.59. The van der Waals surface area contributed by atoms with Gasteiger partial charge in [-0.25, -0.2) is 8.42 Å². The van der Waals surface area contributed by atoms with E-state index in [4.69, 9.17) is 10.5 Å². The molecule has 1 aliphatic heterocycles. The first-order chi connectivity index (χ1) is 7.60. The van der Waals surface area contributed by atoms with E-state index in [1.165, 1.54) is 0 Å². The van der Waals surface area contributed by atoms with E-state index < -0.39 is 10.0 Å². The Bertz CT molecular complexity index is 317. The van der Waals surface area contributed by atoms with Gasteiger partial charge in [0.2, 0.25) is 10.0 Å². The summed E-state index contributed by atoms with van der Waals surface area (Å²) in [5.41, 5.74) is 5.79. The molecule has 0 atom stereocenters. The lowest BCUT2D eigenvalue weighted by atomic mass is 9.96. The van der Waals surface area contributed by atoms with E-state index in [1.807, 2.05) is 0 Å². The van der Waals surface area contributed by atoms with Crippen LogP contribution in [0.5, 0.6) is 0 Å². The molecule has 0 bridgehead atoms. The highest BCUT2D eigenvalue weighted by Crippen LogP contribution is 2.26. The van der Waals surface area contributed by atoms with Gasteiger partial charge < -0.3 is 10.5 Å². The Morgan fingerprint density at radius 1 is 1.06 bits per heavy atom. The molecule has 1 saturated heterocycles. The first-order valence-corrected chi connectivity index (χ1v) is 7.43. The van der Waals surface area contributed by atoms with Crippen LogP contribution in [0.1, 0.15) is 25.7 Å². The van der Waals surface area contributed by atoms with Crippen LogP contribution in [0.2, 0.25) is 0 Å². The van der Waals surface area contributed by atoms with Gasteiger partial charge in [-0.2, -0.15) is 4.31 Å². The summed E-state index contributed by atoms with van der Waals surface area (Å²) < 4.78 is 31.3. The van der Waals surface area contributed by atoms with Gasteiger partial charge in [-0.1, -0.05) is 0 Å². The molecule has 1 aliphatic carbocycles. The van der Waals surface area contributed by atoms with Crippen LogP contribution in [-0.4, -0.2) is 50.3 Å². The van der Waals surface area contributed by atoms with Crippen molar-refractivity contribution in [3.05, 3.63) is 0 Å². The van der Waals surface area contributed by atoms with E-state index in [1.54, 1.807) is 4.31 Å². The average Bonchev–Trinajstić information content (AvgIpc) is 2.31. The van der Waals surface area contributed by atoms with Gasteiger partial charge >= 0.3 is 0 Å². The molecule has 1 saturated carbocycles. The molecule has 0 spiro atoms. The third-order valence-corrected chi connectivity index (χ3v) is 5.87. The first kappa shape index (κ1) is 12.3. The highest BCUT2D eigenvalue weighted by atomic mass is 32.2. The van der Waals surface area contributed by atoms with Gasteiger partial charge in [0, 0.05) is 19.1 Å². The molecule has 0 aromatic rings. The van der Waals surface area contributed by atoms with Crippen LogP contribution in [0.4, 0.5) is 0 Å². The molecule has 2 fully saturated rings. The molecular formula is C10H20N2O3S. The molecule has 0 unspecified atom stereocenters. The summed E-state index contributed by atoms with van der Waals surface area (Å²) in [4.78, 5) is 0. The van der Waals surface area contributed by atoms with E-state index in [2.05, 4.69) is 0 Å². The number of nitrogens with two attached hydrogens (primary N) is 1. The van der Waals surface area contributed by atoms with Gasteiger partial charge in [0.1, 0.15) is 0 Å². The summed E-state index contributed by atoms with van der Waals surface area (Å²) in [6.45, 7) is 2.05. The fourth-order valence-electron chi connectivity index (χ4n) is 2.40. The Kier molecular flexibility index (Phi) is 3.84. The Hall–Kier alpha value is -0.170. The lowest BCUT2D eigenvalue weighted by Gasteiger charge is -2.33. The predicted molar refractivity (Wildman–Crippen MR) is 61.5 cm³/mol. The van der Waals surface area contributed by atoms with Crippen molar-refractivity contribution in [1.82, 2.24) is 4.31 Å². The van der Waals surface area contributed by atoms with Gasteiger partial charge in [-0.05, 0) is 25.7 Å². The lowest BCUT2D eigenvalue weighted by molar-refractivity contribution is 0.0723. The SMILES string of the molecule is NC1CCC(S(=O)(=O)N2CCOCC2)CC1. The topological polar surface area (TPSA) is 72.6 Å². The summed E-state index contributed by atoms with van der Waals surface area (Å²) in [5, 5.41) is -0.217. The zero-order valence-electron chi connectivity index (χ0n) is 9.47. The van der Waals surface area contributed by atoms with Gasteiger partial charge in [-0.3, -0.25) is 0 Å². The minimum atomic E-state index is -3.11. The quantitative estimate of drug-likeness (QED) is 0.742. The van der Waals surface area contributed by atoms with Crippen molar-refractivity contribution < 1.29 is 13.2 Å². The Morgan fingerprint density at radius 3 is 2.19 bits per heavy atom. The molecule has 2 rings (SSSR count). The third-order valence-electron chi connectivity index (χ3n) is 3.47. The second kappa shape index (κ2) is 5.00. The van der Waals surface area contributed by atoms with Crippen molar-refractivity contribution in [2.24, 2.45) is 5.73 Å². The minimum absolute atomic E-state index is 0.191. The molecule has 0 amide bonds. The maximum absolute atomic E-state index is 12.3. The van der Waals surface area contributed by atoms with Gasteiger partial charge in [-0.15, -0.1) is 0 Å². The Labute approximate surface area is 97.0 Å². The van der Waals surface area contributed by atoms with E-state index >= 15 is 0 Å². The lowest BCUT2D eigenvalue weighted by Crippen LogP contribution is -2.46. The molecule has 2 aliphatic rings. The smallest absolute Gasteiger partial charge is 0.217 e. The number of ether oxygens (including phenoxy) is 1. The summed E-state index contributed by atoms with van der Waals surface area (Å²) in [7, 11) is -3.11. The van der Waals surface area contributed by atoms with Crippen LogP contribution < -0.4 is 5.73 Å². The largest absolute Gasteiger partial charge is 0.379 e. The van der Waals surface area contributed by atoms with E-state index in [0.717, 1.165) is 12.8 Å². The average molecular weight is 248 g/mol. The van der Waals surface area contributed by atoms with Crippen molar-refractivity contribution in [2.45, 2.75) is 37.0 Å². The molecule has 0 aromatic carbocycles. The molecule has 1 heterocycles. The fraction of sp³-hybridized carbons (Fsp3) is 1.00. The first-order valence-electron chi connectivity index (χ1n) is 5.93. The summed E-state index contributed by atoms with van der Waals surface area (Å²) in [5.74, 6) is 0. The molecular weight excluding hydrogens is 228 g/mol. The summed E-state index contributed by atoms with van der Waals surface area (Å²) in [6, 6.07) is 0.191. The molecule has 2 N–H and O–H groups in total. The van der Waals surface area contributed by atoms with Crippen LogP contribution in [0.15, 0.2) is 0 Å². The van der Waals surface area contributed by atoms with Crippen molar-refractivity contribution in [2.75, 3.05) is 26.3 Å². The van der Waals surface area contributed by atoms with Crippen LogP contribution in [0.3, 0.4) is 0 Å². The number of sulfonamides is 1. The zero-order valence-corrected chi connectivity index (χ0v) is 10.3. The molecule has 0 aromatic heterocycles. The number of hydrogen-bond donors (Lipinski definition) is 1. The highest BCUT2D eigenvalue weighted by molar-refractivity contribution is 7.89. The molecule has 5 nitrogen and oxygen atoms in total. The summed E-state index contributed by atoms with van der Waals surface area (Å²) >= 11 is 0. The minimum Gasteiger partial charge on any atom is -0.379 e. The molecule has 6 heteroatoms. The predicted octanol–water partition coefficient (Wildman–Crippen LogP) is -0.0817. The van der Waals surface area contributed by atoms with E-state index in [0.29, 0.717) is 39.1 Å². The maximum Gasteiger partial charge on any atom is 0.217 e. The monoisotopic (exact) mass is 248 g/mol. The molecule has 0 radical (unpaired) electrons. The van der Waals surface area contributed by atoms with Gasteiger partial charge in [0.25, 0.3) is 0 Å². The van der Waals surface area contributed by atoms with Crippen molar-refractivity contribution in [3.63, 3.8) is 0 Å². The van der Waals surface area contributed by atoms with Crippen molar-refractivity contribution in [3.8, 4) is 0 Å². The van der Waals surface area contributed by atoms with Crippen LogP contribution >= 0.6 is 0 Å². The molecule has 16 heavy (non-hydrogen) atoms. The fourth-order valence-corrected chi connectivity index (χ4v) is 4.35. The van der Waals surface area contributed by atoms with Crippen LogP contribution in [-0.2, 0) is 14.8 Å². The van der Waals surface area contributed by atoms with Crippen molar-refractivity contribution >= 4 is 10.0 Å². The highest BCUT2D eigenvalue weighted by Gasteiger charge is 2.35. The standard InChI is InChI=1S/C10H20N2O3S/c11-9-1-3-10(4-2-9)16(13,14)12-5-7-15-8-6-12/h9-10H,1-8,11H2. The van der Waals surface area contributed by atoms with Crippen LogP contribution in [0, 0.1) is 0 Å². The maximum atomic E-state index is 12.3. The van der Waals surface area contributed by atoms with Crippen LogP contribution in [0.25, 0.3) is 0 Å². The van der Waals surface area contributed by atoms with Gasteiger partial charge in [0.15, 0.2) is 0 Å². The van der Waals surface area contributed by atoms with Gasteiger partial charge in [0.05, 0.1) is 18.5 Å². The number of nitrogens with zero attached hydrogens (tertiary/aromatic N) is 1. The zero-order chi connectivity index (χ0) is 11.6. The van der Waals surface area contributed by atoms with E-state index in [-0.39, 0.29) is 11.3 Å².